The summed E-state index contributed by atoms with van der Waals surface area (Å²) in [6, 6.07) is 0. The van der Waals surface area contributed by atoms with Crippen molar-refractivity contribution >= 4 is 0 Å². The molecule has 2 atom stereocenters. The SMILES string of the molecule is CCCC1(C(C)OC)CNCCO1. The summed E-state index contributed by atoms with van der Waals surface area (Å²) in [5, 5.41) is 3.37. The van der Waals surface area contributed by atoms with Crippen LogP contribution in [-0.2, 0) is 9.47 Å². The molecule has 0 aromatic heterocycles. The van der Waals surface area contributed by atoms with Gasteiger partial charge in [-0.25, -0.2) is 0 Å². The van der Waals surface area contributed by atoms with Crippen LogP contribution in [0.5, 0.6) is 0 Å². The van der Waals surface area contributed by atoms with Gasteiger partial charge in [0.15, 0.2) is 0 Å². The van der Waals surface area contributed by atoms with E-state index >= 15 is 0 Å². The highest BCUT2D eigenvalue weighted by Gasteiger charge is 2.38. The van der Waals surface area contributed by atoms with Gasteiger partial charge in [-0.2, -0.15) is 0 Å². The maximum Gasteiger partial charge on any atom is 0.106 e. The van der Waals surface area contributed by atoms with Crippen LogP contribution in [-0.4, -0.2) is 38.5 Å². The van der Waals surface area contributed by atoms with Gasteiger partial charge in [0, 0.05) is 20.2 Å². The largest absolute Gasteiger partial charge is 0.379 e. The summed E-state index contributed by atoms with van der Waals surface area (Å²) in [5.41, 5.74) is -0.0955. The zero-order valence-electron chi connectivity index (χ0n) is 8.93. The zero-order chi connectivity index (χ0) is 9.73. The van der Waals surface area contributed by atoms with Gasteiger partial charge in [-0.1, -0.05) is 13.3 Å². The van der Waals surface area contributed by atoms with E-state index in [1.54, 1.807) is 7.11 Å². The smallest absolute Gasteiger partial charge is 0.106 e. The standard InChI is InChI=1S/C10H21NO2/c1-4-5-10(9(2)12-3)8-11-6-7-13-10/h9,11H,4-8H2,1-3H3. The van der Waals surface area contributed by atoms with Crippen LogP contribution in [0.25, 0.3) is 0 Å². The molecule has 13 heavy (non-hydrogen) atoms. The Balaban J connectivity index is 2.60. The Morgan fingerprint density at radius 3 is 2.85 bits per heavy atom. The third-order valence-corrected chi connectivity index (χ3v) is 2.86. The molecular weight excluding hydrogens is 166 g/mol. The quantitative estimate of drug-likeness (QED) is 0.717. The van der Waals surface area contributed by atoms with Crippen LogP contribution < -0.4 is 5.32 Å². The van der Waals surface area contributed by atoms with Crippen molar-refractivity contribution in [3.63, 3.8) is 0 Å². The van der Waals surface area contributed by atoms with E-state index in [4.69, 9.17) is 9.47 Å². The number of hydrogen-bond donors (Lipinski definition) is 1. The van der Waals surface area contributed by atoms with Crippen LogP contribution in [0.2, 0.25) is 0 Å². The Bertz CT molecular complexity index is 138. The molecule has 0 amide bonds. The van der Waals surface area contributed by atoms with E-state index in [1.807, 2.05) is 0 Å². The molecule has 1 rings (SSSR count). The lowest BCUT2D eigenvalue weighted by atomic mass is 9.91. The molecular formula is C10H21NO2. The molecule has 1 aliphatic rings. The minimum Gasteiger partial charge on any atom is -0.379 e. The Morgan fingerprint density at radius 1 is 1.62 bits per heavy atom. The van der Waals surface area contributed by atoms with E-state index in [-0.39, 0.29) is 11.7 Å². The van der Waals surface area contributed by atoms with Crippen molar-refractivity contribution in [2.75, 3.05) is 26.8 Å². The number of rotatable bonds is 4. The van der Waals surface area contributed by atoms with Crippen molar-refractivity contribution in [2.45, 2.75) is 38.4 Å². The van der Waals surface area contributed by atoms with Crippen molar-refractivity contribution in [3.8, 4) is 0 Å². The van der Waals surface area contributed by atoms with Gasteiger partial charge < -0.3 is 14.8 Å². The normalized spacial score (nSPS) is 31.6. The molecule has 0 aromatic carbocycles. The second-order valence-electron chi connectivity index (χ2n) is 3.72. The number of morpholine rings is 1. The lowest BCUT2D eigenvalue weighted by molar-refractivity contribution is -0.146. The maximum atomic E-state index is 5.87. The Hall–Kier alpha value is -0.120. The van der Waals surface area contributed by atoms with Crippen molar-refractivity contribution in [1.82, 2.24) is 5.32 Å². The summed E-state index contributed by atoms with van der Waals surface area (Å²) >= 11 is 0. The van der Waals surface area contributed by atoms with Crippen LogP contribution in [0, 0.1) is 0 Å². The summed E-state index contributed by atoms with van der Waals surface area (Å²) in [6.07, 6.45) is 2.37. The fourth-order valence-electron chi connectivity index (χ4n) is 1.94. The topological polar surface area (TPSA) is 30.5 Å². The highest BCUT2D eigenvalue weighted by Crippen LogP contribution is 2.25. The lowest BCUT2D eigenvalue weighted by Gasteiger charge is -2.41. The van der Waals surface area contributed by atoms with Crippen LogP contribution in [0.15, 0.2) is 0 Å². The third kappa shape index (κ3) is 2.42. The summed E-state index contributed by atoms with van der Waals surface area (Å²) in [6.45, 7) is 6.94. The number of nitrogens with one attached hydrogen (secondary N) is 1. The molecule has 0 aliphatic carbocycles. The van der Waals surface area contributed by atoms with E-state index in [0.717, 1.165) is 32.5 Å². The van der Waals surface area contributed by atoms with Crippen molar-refractivity contribution in [3.05, 3.63) is 0 Å². The molecule has 3 nitrogen and oxygen atoms in total. The molecule has 1 fully saturated rings. The molecule has 3 heteroatoms. The van der Waals surface area contributed by atoms with Crippen molar-refractivity contribution in [1.29, 1.82) is 0 Å². The second kappa shape index (κ2) is 4.94. The minimum atomic E-state index is -0.0955. The molecule has 1 N–H and O–H groups in total. The molecule has 78 valence electrons. The van der Waals surface area contributed by atoms with Crippen LogP contribution in [0.4, 0.5) is 0 Å². The molecule has 1 saturated heterocycles. The summed E-state index contributed by atoms with van der Waals surface area (Å²) in [4.78, 5) is 0. The van der Waals surface area contributed by atoms with Gasteiger partial charge in [0.2, 0.25) is 0 Å². The van der Waals surface area contributed by atoms with Gasteiger partial charge in [0.25, 0.3) is 0 Å². The second-order valence-corrected chi connectivity index (χ2v) is 3.72. The zero-order valence-corrected chi connectivity index (χ0v) is 8.93. The first-order valence-corrected chi connectivity index (χ1v) is 5.12. The summed E-state index contributed by atoms with van der Waals surface area (Å²) in [7, 11) is 1.75. The monoisotopic (exact) mass is 187 g/mol. The van der Waals surface area contributed by atoms with E-state index in [9.17, 15) is 0 Å². The average molecular weight is 187 g/mol. The molecule has 0 spiro atoms. The minimum absolute atomic E-state index is 0.0955. The van der Waals surface area contributed by atoms with Crippen molar-refractivity contribution in [2.24, 2.45) is 0 Å². The Kier molecular flexibility index (Phi) is 4.16. The summed E-state index contributed by atoms with van der Waals surface area (Å²) < 4.78 is 11.3. The van der Waals surface area contributed by atoms with E-state index in [2.05, 4.69) is 19.2 Å². The van der Waals surface area contributed by atoms with Gasteiger partial charge in [0.1, 0.15) is 5.60 Å². The predicted octanol–water partition coefficient (Wildman–Crippen LogP) is 1.18. The average Bonchev–Trinajstić information content (AvgIpc) is 2.18. The van der Waals surface area contributed by atoms with Crippen molar-refractivity contribution < 1.29 is 9.47 Å². The fourth-order valence-corrected chi connectivity index (χ4v) is 1.94. The van der Waals surface area contributed by atoms with Gasteiger partial charge in [-0.15, -0.1) is 0 Å². The molecule has 0 saturated carbocycles. The molecule has 0 aromatic rings. The highest BCUT2D eigenvalue weighted by atomic mass is 16.5. The van der Waals surface area contributed by atoms with E-state index in [0.29, 0.717) is 0 Å². The van der Waals surface area contributed by atoms with Crippen LogP contribution in [0.3, 0.4) is 0 Å². The van der Waals surface area contributed by atoms with Gasteiger partial charge >= 0.3 is 0 Å². The first kappa shape index (κ1) is 11.0. The molecule has 1 heterocycles. The molecule has 1 aliphatic heterocycles. The lowest BCUT2D eigenvalue weighted by Crippen LogP contribution is -2.56. The van der Waals surface area contributed by atoms with Crippen LogP contribution >= 0.6 is 0 Å². The van der Waals surface area contributed by atoms with Crippen LogP contribution in [0.1, 0.15) is 26.7 Å². The Labute approximate surface area is 80.8 Å². The van der Waals surface area contributed by atoms with Gasteiger partial charge in [-0.05, 0) is 13.3 Å². The number of ether oxygens (including phenoxy) is 2. The maximum absolute atomic E-state index is 5.87. The number of hydrogen-bond acceptors (Lipinski definition) is 3. The van der Waals surface area contributed by atoms with Gasteiger partial charge in [-0.3, -0.25) is 0 Å². The highest BCUT2D eigenvalue weighted by molar-refractivity contribution is 4.91. The van der Waals surface area contributed by atoms with E-state index in [1.165, 1.54) is 0 Å². The number of methoxy groups -OCH3 is 1. The first-order valence-electron chi connectivity index (χ1n) is 5.12. The fraction of sp³-hybridized carbons (Fsp3) is 1.00. The summed E-state index contributed by atoms with van der Waals surface area (Å²) in [5.74, 6) is 0. The Morgan fingerprint density at radius 2 is 2.38 bits per heavy atom. The predicted molar refractivity (Wildman–Crippen MR) is 52.9 cm³/mol. The molecule has 0 radical (unpaired) electrons. The van der Waals surface area contributed by atoms with Gasteiger partial charge in [0.05, 0.1) is 12.7 Å². The molecule has 2 unspecified atom stereocenters. The third-order valence-electron chi connectivity index (χ3n) is 2.86. The molecule has 0 bridgehead atoms. The van der Waals surface area contributed by atoms with E-state index < -0.39 is 0 Å². The first-order chi connectivity index (χ1) is 6.25.